The van der Waals surface area contributed by atoms with Crippen LogP contribution in [0.4, 0.5) is 17.6 Å². The largest absolute Gasteiger partial charge is 0.438 e. The Hall–Kier alpha value is -2.62. The summed E-state index contributed by atoms with van der Waals surface area (Å²) in [7, 11) is 0. The molecule has 0 spiro atoms. The average molecular weight is 457 g/mol. The maximum atomic E-state index is 13.5. The number of nitrogens with one attached hydrogen (secondary N) is 1. The van der Waals surface area contributed by atoms with Gasteiger partial charge in [-0.05, 0) is 30.2 Å². The zero-order valence-corrected chi connectivity index (χ0v) is 17.9. The second-order valence-electron chi connectivity index (χ2n) is 6.74. The molecule has 0 aliphatic heterocycles. The highest BCUT2D eigenvalue weighted by Gasteiger charge is 2.36. The van der Waals surface area contributed by atoms with E-state index < -0.39 is 23.6 Å². The molecule has 0 atom stereocenters. The van der Waals surface area contributed by atoms with Crippen LogP contribution < -0.4 is 10.1 Å². The molecule has 1 heterocycles. The summed E-state index contributed by atoms with van der Waals surface area (Å²) in [5.74, 6) is -6.59. The van der Waals surface area contributed by atoms with Crippen molar-refractivity contribution in [1.82, 2.24) is 15.3 Å². The molecule has 1 N–H and O–H groups in total. The Kier molecular flexibility index (Phi) is 8.85. The van der Waals surface area contributed by atoms with E-state index in [1.165, 1.54) is 11.8 Å². The minimum absolute atomic E-state index is 0.0191. The van der Waals surface area contributed by atoms with E-state index >= 15 is 0 Å². The number of ether oxygens (including phenoxy) is 1. The van der Waals surface area contributed by atoms with Gasteiger partial charge in [0.1, 0.15) is 11.3 Å². The molecule has 0 radical (unpaired) electrons. The van der Waals surface area contributed by atoms with Crippen LogP contribution in [0.2, 0.25) is 0 Å². The maximum absolute atomic E-state index is 13.5. The van der Waals surface area contributed by atoms with Crippen molar-refractivity contribution in [1.29, 1.82) is 0 Å². The van der Waals surface area contributed by atoms with E-state index in [9.17, 15) is 22.4 Å². The summed E-state index contributed by atoms with van der Waals surface area (Å²) >= 11 is 1.49. The minimum atomic E-state index is -3.25. The monoisotopic (exact) mass is 457 g/mol. The highest BCUT2D eigenvalue weighted by molar-refractivity contribution is 8.01. The predicted molar refractivity (Wildman–Crippen MR) is 112 cm³/mol. The van der Waals surface area contributed by atoms with Crippen molar-refractivity contribution < 1.29 is 27.1 Å². The quantitative estimate of drug-likeness (QED) is 0.533. The summed E-state index contributed by atoms with van der Waals surface area (Å²) in [6.07, 6.45) is 5.65. The maximum Gasteiger partial charge on any atom is 0.303 e. The first kappa shape index (κ1) is 24.6. The third-order valence-corrected chi connectivity index (χ3v) is 4.51. The van der Waals surface area contributed by atoms with E-state index in [0.29, 0.717) is 19.1 Å². The number of halogens is 4. The molecule has 3 rings (SSSR count). The smallest absolute Gasteiger partial charge is 0.303 e. The number of alkyl halides is 4. The predicted octanol–water partition coefficient (Wildman–Crippen LogP) is 5.79. The van der Waals surface area contributed by atoms with Crippen molar-refractivity contribution in [3.63, 3.8) is 0 Å². The van der Waals surface area contributed by atoms with Crippen LogP contribution in [0.25, 0.3) is 0 Å². The Morgan fingerprint density at radius 3 is 2.45 bits per heavy atom. The first-order chi connectivity index (χ1) is 14.6. The van der Waals surface area contributed by atoms with Gasteiger partial charge >= 0.3 is 5.92 Å². The van der Waals surface area contributed by atoms with Gasteiger partial charge in [0.15, 0.2) is 0 Å². The van der Waals surface area contributed by atoms with Crippen LogP contribution >= 0.6 is 11.8 Å². The summed E-state index contributed by atoms with van der Waals surface area (Å²) in [6, 6.07) is 8.49. The van der Waals surface area contributed by atoms with Gasteiger partial charge in [0.25, 0.3) is 5.91 Å². The van der Waals surface area contributed by atoms with Crippen molar-refractivity contribution >= 4 is 17.7 Å². The number of thioether (sulfide) groups is 1. The van der Waals surface area contributed by atoms with Gasteiger partial charge < -0.3 is 10.1 Å². The molecule has 10 heteroatoms. The van der Waals surface area contributed by atoms with E-state index in [-0.39, 0.29) is 30.8 Å². The van der Waals surface area contributed by atoms with E-state index in [4.69, 9.17) is 4.74 Å². The third kappa shape index (κ3) is 8.20. The highest BCUT2D eigenvalue weighted by Crippen LogP contribution is 2.36. The van der Waals surface area contributed by atoms with Gasteiger partial charge in [-0.25, -0.2) is 13.8 Å². The number of carbonyl (C=O) groups excluding carboxylic acids is 1. The topological polar surface area (TPSA) is 64.1 Å². The first-order valence-electron chi connectivity index (χ1n) is 9.44. The van der Waals surface area contributed by atoms with Crippen LogP contribution in [0.3, 0.4) is 0 Å². The van der Waals surface area contributed by atoms with Crippen molar-refractivity contribution in [3.05, 3.63) is 59.4 Å². The lowest BCUT2D eigenvalue weighted by atomic mass is 9.95. The van der Waals surface area contributed by atoms with Crippen molar-refractivity contribution in [2.45, 2.75) is 38.0 Å². The summed E-state index contributed by atoms with van der Waals surface area (Å²) in [5, 5.41) is 4.45. The molecule has 0 unspecified atom stereocenters. The Bertz CT molecular complexity index is 884. The minimum Gasteiger partial charge on any atom is -0.438 e. The lowest BCUT2D eigenvalue weighted by Crippen LogP contribution is -2.25. The number of amides is 1. The van der Waals surface area contributed by atoms with Crippen molar-refractivity contribution in [2.24, 2.45) is 0 Å². The number of para-hydroxylation sites is 1. The van der Waals surface area contributed by atoms with Crippen LogP contribution in [0.1, 0.15) is 42.4 Å². The number of aromatic nitrogens is 2. The molecule has 1 aromatic heterocycles. The van der Waals surface area contributed by atoms with Gasteiger partial charge in [-0.1, -0.05) is 24.3 Å². The van der Waals surface area contributed by atoms with E-state index in [2.05, 4.69) is 15.3 Å². The molecule has 5 nitrogen and oxygen atoms in total. The number of benzene rings is 1. The first-order valence-corrected chi connectivity index (χ1v) is 10.7. The number of rotatable bonds is 7. The molecule has 1 aliphatic carbocycles. The average Bonchev–Trinajstić information content (AvgIpc) is 2.70. The van der Waals surface area contributed by atoms with E-state index in [0.717, 1.165) is 6.20 Å². The molecule has 0 saturated heterocycles. The molecule has 31 heavy (non-hydrogen) atoms. The molecule has 2 aromatic rings. The molecule has 1 aliphatic rings. The number of hydrogen-bond acceptors (Lipinski definition) is 5. The number of carbonyl (C=O) groups is 1. The zero-order chi connectivity index (χ0) is 22.9. The number of nitrogens with zero attached hydrogens (tertiary/aromatic N) is 2. The van der Waals surface area contributed by atoms with Gasteiger partial charge in [0, 0.05) is 32.5 Å². The number of hydrogen-bond donors (Lipinski definition) is 1. The Balaban J connectivity index is 0.000000488. The molecular formula is C21H23F4N3O2S. The van der Waals surface area contributed by atoms with Crippen molar-refractivity contribution in [3.8, 4) is 11.6 Å². The molecule has 1 amide bonds. The van der Waals surface area contributed by atoms with Gasteiger partial charge in [-0.15, -0.1) is 11.8 Å². The second kappa shape index (κ2) is 11.1. The van der Waals surface area contributed by atoms with Crippen LogP contribution in [0.5, 0.6) is 11.6 Å². The van der Waals surface area contributed by atoms with Gasteiger partial charge in [-0.3, -0.25) is 4.79 Å². The van der Waals surface area contributed by atoms with Gasteiger partial charge in [-0.2, -0.15) is 13.8 Å². The summed E-state index contributed by atoms with van der Waals surface area (Å²) in [5.41, 5.74) is -0.0191. The molecular weight excluding hydrogens is 434 g/mol. The molecule has 168 valence electrons. The highest BCUT2D eigenvalue weighted by atomic mass is 32.2. The fraction of sp³-hybridized carbons (Fsp3) is 0.381. The molecule has 1 saturated carbocycles. The fourth-order valence-corrected chi connectivity index (χ4v) is 2.54. The Morgan fingerprint density at radius 1 is 1.29 bits per heavy atom. The van der Waals surface area contributed by atoms with Crippen LogP contribution in [0, 0.1) is 0 Å². The molecule has 0 bridgehead atoms. The fourth-order valence-electron chi connectivity index (χ4n) is 2.25. The summed E-state index contributed by atoms with van der Waals surface area (Å²) in [6.45, 7) is 0.970. The lowest BCUT2D eigenvalue weighted by Gasteiger charge is -2.23. The van der Waals surface area contributed by atoms with Crippen LogP contribution in [-0.2, 0) is 5.92 Å². The summed E-state index contributed by atoms with van der Waals surface area (Å²) in [4.78, 5) is 19.6. The third-order valence-electron chi connectivity index (χ3n) is 4.05. The standard InChI is InChI=1S/C17H17F2N3O2S.C4H6F2/c1-17(18,19)16-21-11-13(14(23)20-9-6-10-25-2)15(22-16)24-12-7-4-3-5-8-12;5-4(6)2-1-3-4/h3-8,10-11H,9H2,1-2H3,(H,20,23);1-3H2/b10-6+;. The van der Waals surface area contributed by atoms with Crippen molar-refractivity contribution in [2.75, 3.05) is 12.8 Å². The zero-order valence-electron chi connectivity index (χ0n) is 17.1. The molecule has 1 fully saturated rings. The molecule has 1 aromatic carbocycles. The summed E-state index contributed by atoms with van der Waals surface area (Å²) < 4.78 is 55.6. The van der Waals surface area contributed by atoms with Gasteiger partial charge in [0.05, 0.1) is 0 Å². The van der Waals surface area contributed by atoms with Crippen LogP contribution in [-0.4, -0.2) is 34.6 Å². The van der Waals surface area contributed by atoms with Gasteiger partial charge in [0.2, 0.25) is 17.6 Å². The lowest BCUT2D eigenvalue weighted by molar-refractivity contribution is -0.0717. The normalized spacial score (nSPS) is 14.9. The Morgan fingerprint density at radius 2 is 1.94 bits per heavy atom. The Labute approximate surface area is 182 Å². The van der Waals surface area contributed by atoms with E-state index in [1.807, 2.05) is 11.7 Å². The van der Waals surface area contributed by atoms with E-state index in [1.54, 1.807) is 36.4 Å². The SMILES string of the molecule is CS/C=C/CNC(=O)c1cnc(C(C)(F)F)nc1Oc1ccccc1.FC1(F)CCC1. The second-order valence-corrected chi connectivity index (χ2v) is 7.49. The van der Waals surface area contributed by atoms with Crippen LogP contribution in [0.15, 0.2) is 48.0 Å².